The summed E-state index contributed by atoms with van der Waals surface area (Å²) in [6.45, 7) is 4.12. The van der Waals surface area contributed by atoms with Crippen molar-refractivity contribution in [2.24, 2.45) is 5.10 Å². The maximum atomic E-state index is 12.7. The molecule has 178 valence electrons. The number of carbonyl (C=O) groups excluding carboxylic acids is 1. The summed E-state index contributed by atoms with van der Waals surface area (Å²) in [6.07, 6.45) is 3.53. The van der Waals surface area contributed by atoms with Gasteiger partial charge in [-0.1, -0.05) is 46.3 Å². The molecule has 0 bridgehead atoms. The van der Waals surface area contributed by atoms with Crippen LogP contribution in [0.2, 0.25) is 0 Å². The van der Waals surface area contributed by atoms with Gasteiger partial charge in [-0.15, -0.1) is 0 Å². The Kier molecular flexibility index (Phi) is 6.64. The Morgan fingerprint density at radius 2 is 1.53 bits per heavy atom. The van der Waals surface area contributed by atoms with Crippen molar-refractivity contribution in [3.8, 4) is 22.6 Å². The van der Waals surface area contributed by atoms with Gasteiger partial charge in [-0.3, -0.25) is 4.79 Å². The molecule has 1 N–H and O–H groups in total. The number of hydrogen-bond donors (Lipinski definition) is 1. The molecule has 0 saturated carbocycles. The number of carbonyl (C=O) groups is 1. The number of aromatic nitrogens is 3. The number of hydrazone groups is 1. The molecule has 0 spiro atoms. The van der Waals surface area contributed by atoms with Crippen LogP contribution >= 0.6 is 15.9 Å². The minimum Gasteiger partial charge on any atom is -0.319 e. The zero-order valence-corrected chi connectivity index (χ0v) is 21.5. The summed E-state index contributed by atoms with van der Waals surface area (Å²) >= 11 is 3.48. The molecular formula is C29H24BrN5O. The molecule has 0 fully saturated rings. The largest absolute Gasteiger partial charge is 0.319 e. The summed E-state index contributed by atoms with van der Waals surface area (Å²) in [6, 6.07) is 29.4. The average molecular weight is 538 g/mol. The number of nitrogens with zero attached hydrogens (tertiary/aromatic N) is 4. The van der Waals surface area contributed by atoms with E-state index in [0.717, 1.165) is 44.1 Å². The van der Waals surface area contributed by atoms with Crippen LogP contribution in [-0.2, 0) is 0 Å². The fourth-order valence-corrected chi connectivity index (χ4v) is 4.35. The minimum atomic E-state index is -0.278. The standard InChI is InChI=1S/C29H24BrN5O/c1-20-8-9-21(2)35(20)27-16-12-23(13-17-27)29(36)32-31-18-24-19-34(26-6-4-3-5-7-26)33-28(24)22-10-14-25(30)15-11-22/h3-19H,1-2H3,(H,32,36)/b31-18-. The number of halogens is 1. The molecule has 3 aromatic carbocycles. The molecule has 2 aromatic heterocycles. The Bertz CT molecular complexity index is 1510. The number of amides is 1. The van der Waals surface area contributed by atoms with Gasteiger partial charge in [-0.05, 0) is 74.5 Å². The van der Waals surface area contributed by atoms with E-state index in [9.17, 15) is 4.79 Å². The van der Waals surface area contributed by atoms with Gasteiger partial charge in [0.2, 0.25) is 0 Å². The number of hydrogen-bond acceptors (Lipinski definition) is 3. The van der Waals surface area contributed by atoms with Crippen LogP contribution in [0.3, 0.4) is 0 Å². The van der Waals surface area contributed by atoms with Crippen molar-refractivity contribution >= 4 is 28.1 Å². The molecule has 0 atom stereocenters. The lowest BCUT2D eigenvalue weighted by Crippen LogP contribution is -2.17. The number of rotatable bonds is 6. The normalized spacial score (nSPS) is 11.2. The lowest BCUT2D eigenvalue weighted by molar-refractivity contribution is 0.0955. The Balaban J connectivity index is 1.37. The zero-order valence-electron chi connectivity index (χ0n) is 19.9. The molecule has 0 aliphatic carbocycles. The SMILES string of the molecule is Cc1ccc(C)n1-c1ccc(C(=O)N/N=C\c2cn(-c3ccccc3)nc2-c2ccc(Br)cc2)cc1. The summed E-state index contributed by atoms with van der Waals surface area (Å²) in [5.74, 6) is -0.278. The molecule has 0 aliphatic heterocycles. The molecule has 1 amide bonds. The highest BCUT2D eigenvalue weighted by atomic mass is 79.9. The molecule has 5 aromatic rings. The molecule has 36 heavy (non-hydrogen) atoms. The Morgan fingerprint density at radius 3 is 2.19 bits per heavy atom. The van der Waals surface area contributed by atoms with Crippen LogP contribution in [0.15, 0.2) is 107 Å². The maximum absolute atomic E-state index is 12.7. The van der Waals surface area contributed by atoms with Crippen molar-refractivity contribution in [1.29, 1.82) is 0 Å². The smallest absolute Gasteiger partial charge is 0.271 e. The molecule has 0 saturated heterocycles. The van der Waals surface area contributed by atoms with E-state index >= 15 is 0 Å². The third-order valence-electron chi connectivity index (χ3n) is 5.91. The van der Waals surface area contributed by atoms with Crippen molar-refractivity contribution < 1.29 is 4.79 Å². The third kappa shape index (κ3) is 4.92. The number of aryl methyl sites for hydroxylation is 2. The molecule has 6 nitrogen and oxygen atoms in total. The molecule has 7 heteroatoms. The summed E-state index contributed by atoms with van der Waals surface area (Å²) in [4.78, 5) is 12.7. The molecule has 0 unspecified atom stereocenters. The second-order valence-corrected chi connectivity index (χ2v) is 9.33. The zero-order chi connectivity index (χ0) is 25.1. The molecule has 0 radical (unpaired) electrons. The van der Waals surface area contributed by atoms with Crippen molar-refractivity contribution in [2.75, 3.05) is 0 Å². The van der Waals surface area contributed by atoms with Gasteiger partial charge < -0.3 is 4.57 Å². The lowest BCUT2D eigenvalue weighted by Gasteiger charge is -2.10. The first kappa shape index (κ1) is 23.5. The highest BCUT2D eigenvalue weighted by Crippen LogP contribution is 2.24. The van der Waals surface area contributed by atoms with Crippen LogP contribution in [-0.4, -0.2) is 26.5 Å². The van der Waals surface area contributed by atoms with E-state index in [2.05, 4.69) is 57.0 Å². The van der Waals surface area contributed by atoms with Gasteiger partial charge in [0.05, 0.1) is 11.9 Å². The van der Waals surface area contributed by atoms with Crippen LogP contribution < -0.4 is 5.43 Å². The van der Waals surface area contributed by atoms with Crippen molar-refractivity contribution in [1.82, 2.24) is 19.8 Å². The fourth-order valence-electron chi connectivity index (χ4n) is 4.09. The monoisotopic (exact) mass is 537 g/mol. The second-order valence-electron chi connectivity index (χ2n) is 8.42. The average Bonchev–Trinajstić information content (AvgIpc) is 3.48. The van der Waals surface area contributed by atoms with E-state index in [0.29, 0.717) is 5.56 Å². The second kappa shape index (κ2) is 10.2. The van der Waals surface area contributed by atoms with Crippen LogP contribution in [0, 0.1) is 13.8 Å². The maximum Gasteiger partial charge on any atom is 0.271 e. The topological polar surface area (TPSA) is 64.2 Å². The summed E-state index contributed by atoms with van der Waals surface area (Å²) in [7, 11) is 0. The van der Waals surface area contributed by atoms with Crippen LogP contribution in [0.25, 0.3) is 22.6 Å². The Hall–Kier alpha value is -4.23. The first-order valence-electron chi connectivity index (χ1n) is 11.5. The first-order chi connectivity index (χ1) is 17.5. The predicted octanol–water partition coefficient (Wildman–Crippen LogP) is 6.47. The van der Waals surface area contributed by atoms with Gasteiger partial charge in [-0.25, -0.2) is 10.1 Å². The third-order valence-corrected chi connectivity index (χ3v) is 6.44. The van der Waals surface area contributed by atoms with E-state index < -0.39 is 0 Å². The number of benzene rings is 3. The van der Waals surface area contributed by atoms with Gasteiger partial charge in [-0.2, -0.15) is 10.2 Å². The van der Waals surface area contributed by atoms with E-state index in [4.69, 9.17) is 5.10 Å². The highest BCUT2D eigenvalue weighted by molar-refractivity contribution is 9.10. The van der Waals surface area contributed by atoms with Crippen LogP contribution in [0.1, 0.15) is 27.3 Å². The number of para-hydroxylation sites is 1. The van der Waals surface area contributed by atoms with E-state index in [-0.39, 0.29) is 5.91 Å². The summed E-state index contributed by atoms with van der Waals surface area (Å²) in [5, 5.41) is 9.02. The fraction of sp³-hybridized carbons (Fsp3) is 0.0690. The molecule has 2 heterocycles. The predicted molar refractivity (Wildman–Crippen MR) is 147 cm³/mol. The number of nitrogens with one attached hydrogen (secondary N) is 1. The molecule has 5 rings (SSSR count). The Morgan fingerprint density at radius 1 is 0.861 bits per heavy atom. The van der Waals surface area contributed by atoms with Crippen LogP contribution in [0.4, 0.5) is 0 Å². The van der Waals surface area contributed by atoms with Gasteiger partial charge in [0.1, 0.15) is 5.69 Å². The summed E-state index contributed by atoms with van der Waals surface area (Å²) in [5.41, 5.74) is 9.93. The van der Waals surface area contributed by atoms with Crippen LogP contribution in [0.5, 0.6) is 0 Å². The summed E-state index contributed by atoms with van der Waals surface area (Å²) < 4.78 is 4.95. The van der Waals surface area contributed by atoms with E-state index in [1.165, 1.54) is 0 Å². The van der Waals surface area contributed by atoms with E-state index in [1.807, 2.05) is 77.6 Å². The van der Waals surface area contributed by atoms with Gasteiger partial charge in [0.25, 0.3) is 5.91 Å². The van der Waals surface area contributed by atoms with Gasteiger partial charge in [0.15, 0.2) is 0 Å². The Labute approximate surface area is 218 Å². The molecule has 0 aliphatic rings. The lowest BCUT2D eigenvalue weighted by atomic mass is 10.1. The van der Waals surface area contributed by atoms with Gasteiger partial charge >= 0.3 is 0 Å². The minimum absolute atomic E-state index is 0.278. The van der Waals surface area contributed by atoms with E-state index in [1.54, 1.807) is 18.3 Å². The van der Waals surface area contributed by atoms with Gasteiger partial charge in [0, 0.05) is 44.4 Å². The molecular weight excluding hydrogens is 514 g/mol. The van der Waals surface area contributed by atoms with Crippen molar-refractivity contribution in [3.63, 3.8) is 0 Å². The highest BCUT2D eigenvalue weighted by Gasteiger charge is 2.12. The quantitative estimate of drug-likeness (QED) is 0.199. The van der Waals surface area contributed by atoms with Crippen molar-refractivity contribution in [2.45, 2.75) is 13.8 Å². The first-order valence-corrected chi connectivity index (χ1v) is 12.3. The van der Waals surface area contributed by atoms with Crippen molar-refractivity contribution in [3.05, 3.63) is 124 Å².